The van der Waals surface area contributed by atoms with Crippen molar-refractivity contribution in [1.29, 1.82) is 0 Å². The highest BCUT2D eigenvalue weighted by molar-refractivity contribution is 7.98. The molecule has 21 heavy (non-hydrogen) atoms. The third kappa shape index (κ3) is 3.76. The first-order valence-corrected chi connectivity index (χ1v) is 7.35. The third-order valence-electron chi connectivity index (χ3n) is 3.00. The number of thioether (sulfide) groups is 1. The molecule has 2 aromatic carbocycles. The number of nitrogens with two attached hydrogens (primary N) is 1. The number of rotatable bonds is 4. The first kappa shape index (κ1) is 15.4. The number of carbonyl (C=O) groups is 1. The summed E-state index contributed by atoms with van der Waals surface area (Å²) in [6, 6.07) is 10.3. The highest BCUT2D eigenvalue weighted by Gasteiger charge is 2.12. The molecule has 0 heterocycles. The van der Waals surface area contributed by atoms with Gasteiger partial charge in [-0.05, 0) is 42.3 Å². The Morgan fingerprint density at radius 2 is 2.05 bits per heavy atom. The van der Waals surface area contributed by atoms with Gasteiger partial charge in [-0.1, -0.05) is 12.1 Å². The first-order chi connectivity index (χ1) is 10.0. The number of hydrogen-bond donors (Lipinski definition) is 1. The lowest BCUT2D eigenvalue weighted by Crippen LogP contribution is -2.04. The zero-order valence-corrected chi connectivity index (χ0v) is 12.7. The Bertz CT molecular complexity index is 673. The summed E-state index contributed by atoms with van der Waals surface area (Å²) in [7, 11) is 1.23. The van der Waals surface area contributed by atoms with Crippen molar-refractivity contribution < 1.29 is 13.9 Å². The molecular formula is C16H16FNO2S. The molecule has 0 saturated heterocycles. The molecular weight excluding hydrogens is 289 g/mol. The highest BCUT2D eigenvalue weighted by Crippen LogP contribution is 2.29. The molecule has 0 aliphatic carbocycles. The van der Waals surface area contributed by atoms with Crippen LogP contribution >= 0.6 is 11.8 Å². The molecule has 0 radical (unpaired) electrons. The maximum absolute atomic E-state index is 13.8. The quantitative estimate of drug-likeness (QED) is 0.530. The Morgan fingerprint density at radius 3 is 2.71 bits per heavy atom. The summed E-state index contributed by atoms with van der Waals surface area (Å²) in [5, 5.41) is 0. The Labute approximate surface area is 127 Å². The number of methoxy groups -OCH3 is 1. The summed E-state index contributed by atoms with van der Waals surface area (Å²) in [6.07, 6.45) is 0. The fourth-order valence-corrected chi connectivity index (χ4v) is 2.86. The average Bonchev–Trinajstić information content (AvgIpc) is 2.47. The van der Waals surface area contributed by atoms with E-state index in [2.05, 4.69) is 4.74 Å². The Kier molecular flexibility index (Phi) is 4.85. The molecule has 110 valence electrons. The van der Waals surface area contributed by atoms with E-state index in [1.807, 2.05) is 25.1 Å². The SMILES string of the molecule is COC(=O)c1ccc(CSc2cc(C)ccc2N)cc1F. The Hall–Kier alpha value is -2.01. The van der Waals surface area contributed by atoms with Crippen molar-refractivity contribution >= 4 is 23.4 Å². The number of halogens is 1. The fourth-order valence-electron chi connectivity index (χ4n) is 1.85. The van der Waals surface area contributed by atoms with Gasteiger partial charge >= 0.3 is 5.97 Å². The highest BCUT2D eigenvalue weighted by atomic mass is 32.2. The van der Waals surface area contributed by atoms with Crippen molar-refractivity contribution in [3.63, 3.8) is 0 Å². The minimum atomic E-state index is -0.672. The molecule has 0 atom stereocenters. The van der Waals surface area contributed by atoms with Gasteiger partial charge in [0.25, 0.3) is 0 Å². The van der Waals surface area contributed by atoms with Crippen molar-refractivity contribution in [3.05, 3.63) is 58.9 Å². The molecule has 2 N–H and O–H groups in total. The Morgan fingerprint density at radius 1 is 1.29 bits per heavy atom. The molecule has 0 aliphatic rings. The maximum atomic E-state index is 13.8. The van der Waals surface area contributed by atoms with Gasteiger partial charge in [-0.3, -0.25) is 0 Å². The predicted molar refractivity (Wildman–Crippen MR) is 82.9 cm³/mol. The Balaban J connectivity index is 2.12. The average molecular weight is 305 g/mol. The molecule has 5 heteroatoms. The van der Waals surface area contributed by atoms with E-state index in [-0.39, 0.29) is 5.56 Å². The molecule has 0 bridgehead atoms. The lowest BCUT2D eigenvalue weighted by molar-refractivity contribution is 0.0595. The van der Waals surface area contributed by atoms with E-state index in [0.29, 0.717) is 11.4 Å². The maximum Gasteiger partial charge on any atom is 0.340 e. The summed E-state index contributed by atoms with van der Waals surface area (Å²) >= 11 is 1.54. The van der Waals surface area contributed by atoms with Crippen LogP contribution in [0.4, 0.5) is 10.1 Å². The summed E-state index contributed by atoms with van der Waals surface area (Å²) in [6.45, 7) is 1.99. The van der Waals surface area contributed by atoms with E-state index >= 15 is 0 Å². The lowest BCUT2D eigenvalue weighted by Gasteiger charge is -2.08. The van der Waals surface area contributed by atoms with Crippen LogP contribution in [0.15, 0.2) is 41.3 Å². The number of nitrogen functional groups attached to an aromatic ring is 1. The zero-order valence-electron chi connectivity index (χ0n) is 11.9. The summed E-state index contributed by atoms with van der Waals surface area (Å²) in [4.78, 5) is 12.3. The van der Waals surface area contributed by atoms with Gasteiger partial charge in [0.2, 0.25) is 0 Å². The van der Waals surface area contributed by atoms with E-state index < -0.39 is 11.8 Å². The van der Waals surface area contributed by atoms with Crippen molar-refractivity contribution in [1.82, 2.24) is 0 Å². The van der Waals surface area contributed by atoms with E-state index in [4.69, 9.17) is 5.73 Å². The second-order valence-electron chi connectivity index (χ2n) is 4.64. The predicted octanol–water partition coefficient (Wildman–Crippen LogP) is 3.80. The molecule has 2 aromatic rings. The van der Waals surface area contributed by atoms with Gasteiger partial charge in [0.05, 0.1) is 12.7 Å². The number of hydrogen-bond acceptors (Lipinski definition) is 4. The minimum absolute atomic E-state index is 0.0543. The second kappa shape index (κ2) is 6.63. The summed E-state index contributed by atoms with van der Waals surface area (Å²) in [5.41, 5.74) is 8.47. The van der Waals surface area contributed by atoms with E-state index in [1.54, 1.807) is 6.07 Å². The second-order valence-corrected chi connectivity index (χ2v) is 5.65. The van der Waals surface area contributed by atoms with Crippen molar-refractivity contribution in [2.45, 2.75) is 17.6 Å². The van der Waals surface area contributed by atoms with Gasteiger partial charge in [-0.2, -0.15) is 0 Å². The molecule has 0 spiro atoms. The normalized spacial score (nSPS) is 10.4. The van der Waals surface area contributed by atoms with Crippen LogP contribution in [0.2, 0.25) is 0 Å². The van der Waals surface area contributed by atoms with Crippen LogP contribution in [0.3, 0.4) is 0 Å². The van der Waals surface area contributed by atoms with Crippen molar-refractivity contribution in [3.8, 4) is 0 Å². The van der Waals surface area contributed by atoms with E-state index in [1.165, 1.54) is 31.0 Å². The molecule has 0 amide bonds. The van der Waals surface area contributed by atoms with Gasteiger partial charge in [-0.25, -0.2) is 9.18 Å². The van der Waals surface area contributed by atoms with Gasteiger partial charge in [0.15, 0.2) is 0 Å². The zero-order chi connectivity index (χ0) is 15.4. The largest absolute Gasteiger partial charge is 0.465 e. The number of benzene rings is 2. The number of esters is 1. The topological polar surface area (TPSA) is 52.3 Å². The summed E-state index contributed by atoms with van der Waals surface area (Å²) < 4.78 is 18.3. The molecule has 3 nitrogen and oxygen atoms in total. The summed E-state index contributed by atoms with van der Waals surface area (Å²) in [5.74, 6) is -0.668. The monoisotopic (exact) mass is 305 g/mol. The smallest absolute Gasteiger partial charge is 0.340 e. The number of ether oxygens (including phenoxy) is 1. The molecule has 0 saturated carbocycles. The lowest BCUT2D eigenvalue weighted by atomic mass is 10.1. The molecule has 2 rings (SSSR count). The molecule has 0 fully saturated rings. The van der Waals surface area contributed by atoms with Crippen LogP contribution < -0.4 is 5.73 Å². The van der Waals surface area contributed by atoms with E-state index in [9.17, 15) is 9.18 Å². The van der Waals surface area contributed by atoms with Crippen LogP contribution in [0.5, 0.6) is 0 Å². The van der Waals surface area contributed by atoms with Gasteiger partial charge in [0, 0.05) is 16.3 Å². The van der Waals surface area contributed by atoms with Gasteiger partial charge in [-0.15, -0.1) is 11.8 Å². The van der Waals surface area contributed by atoms with Gasteiger partial charge < -0.3 is 10.5 Å². The standard InChI is InChI=1S/C16H16FNO2S/c1-10-3-6-14(18)15(7-10)21-9-11-4-5-12(13(17)8-11)16(19)20-2/h3-8H,9,18H2,1-2H3. The molecule has 0 unspecified atom stereocenters. The van der Waals surface area contributed by atoms with E-state index in [0.717, 1.165) is 16.0 Å². The number of carbonyl (C=O) groups excluding carboxylic acids is 1. The number of aryl methyl sites for hydroxylation is 1. The van der Waals surface area contributed by atoms with Crippen LogP contribution in [0.25, 0.3) is 0 Å². The number of anilines is 1. The van der Waals surface area contributed by atoms with Gasteiger partial charge in [0.1, 0.15) is 5.82 Å². The van der Waals surface area contributed by atoms with Crippen LogP contribution in [-0.2, 0) is 10.5 Å². The first-order valence-electron chi connectivity index (χ1n) is 6.37. The van der Waals surface area contributed by atoms with Crippen molar-refractivity contribution in [2.75, 3.05) is 12.8 Å². The molecule has 0 aliphatic heterocycles. The third-order valence-corrected chi connectivity index (χ3v) is 4.14. The van der Waals surface area contributed by atoms with Crippen LogP contribution in [0, 0.1) is 12.7 Å². The van der Waals surface area contributed by atoms with Crippen molar-refractivity contribution in [2.24, 2.45) is 0 Å². The fraction of sp³-hybridized carbons (Fsp3) is 0.188. The molecule has 0 aromatic heterocycles. The minimum Gasteiger partial charge on any atom is -0.465 e. The van der Waals surface area contributed by atoms with Crippen LogP contribution in [0.1, 0.15) is 21.5 Å². The van der Waals surface area contributed by atoms with Crippen LogP contribution in [-0.4, -0.2) is 13.1 Å².